The number of fused-ring (bicyclic) bond motifs is 6. The Morgan fingerprint density at radius 3 is 1.22 bits per heavy atom. The number of thiophene rings is 1. The van der Waals surface area contributed by atoms with E-state index in [1.165, 1.54) is 92.2 Å². The first-order chi connectivity index (χ1) is 28.8. The molecule has 0 bridgehead atoms. The molecule has 0 saturated carbocycles. The zero-order valence-electron chi connectivity index (χ0n) is 34.7. The molecule has 0 unspecified atom stereocenters. The fraction of sp³-hybridized carbons (Fsp3) is 0.127. The van der Waals surface area contributed by atoms with Crippen LogP contribution in [0.5, 0.6) is 0 Å². The highest BCUT2D eigenvalue weighted by Gasteiger charge is 2.16. The number of hydrogen-bond donors (Lipinski definition) is 1. The Morgan fingerprint density at radius 2 is 0.690 bits per heavy atom. The minimum absolute atomic E-state index is 1.17. The number of aromatic nitrogens is 1. The minimum atomic E-state index is 1.17. The van der Waals surface area contributed by atoms with Crippen molar-refractivity contribution in [2.45, 2.75) is 41.5 Å². The minimum Gasteiger partial charge on any atom is -0.309 e. The van der Waals surface area contributed by atoms with Crippen molar-refractivity contribution >= 4 is 65.9 Å². The SMILES string of the molecule is CC.CC.CC.CS.c1ccc(-c2cccc(-c3cccc(-c4ccc5c(c4)c4cc(-c6ccc7sc8ccccc8c7c6)ccc4n5-c4ccccc4)c3)c2)cc1. The standard InChI is InChI=1S/C48H31NS.3C2H6.CH4S/c1-3-11-32(12-4-1)33-13-9-14-34(27-33)35-15-10-16-36(28-35)37-21-24-45-42(29-37)43-30-38(22-25-46(43)49(45)40-17-5-2-6-18-40)39-23-26-48-44(31-39)41-19-7-8-20-47(41)50-48;4*1-2/h1-31H;3*1-2H3;2H,1H3. The van der Waals surface area contributed by atoms with Gasteiger partial charge in [0.15, 0.2) is 0 Å². The highest BCUT2D eigenvalue weighted by molar-refractivity contribution is 7.79. The zero-order chi connectivity index (χ0) is 41.0. The predicted octanol–water partition coefficient (Wildman–Crippen LogP) is 17.4. The summed E-state index contributed by atoms with van der Waals surface area (Å²) in [6.07, 6.45) is 1.69. The first-order valence-corrected chi connectivity index (χ1v) is 22.2. The molecule has 10 rings (SSSR count). The average molecular weight is 792 g/mol. The van der Waals surface area contributed by atoms with Gasteiger partial charge in [-0.15, -0.1) is 11.3 Å². The van der Waals surface area contributed by atoms with Crippen LogP contribution in [0, 0.1) is 0 Å². The summed E-state index contributed by atoms with van der Waals surface area (Å²) in [5.74, 6) is 0. The number of thiol groups is 1. The van der Waals surface area contributed by atoms with E-state index in [0.29, 0.717) is 0 Å². The number of para-hydroxylation sites is 1. The van der Waals surface area contributed by atoms with Gasteiger partial charge in [-0.1, -0.05) is 163 Å². The first kappa shape index (κ1) is 41.8. The Labute approximate surface area is 354 Å². The van der Waals surface area contributed by atoms with E-state index in [2.05, 4.69) is 205 Å². The first-order valence-electron chi connectivity index (χ1n) is 20.5. The summed E-state index contributed by atoms with van der Waals surface area (Å²) < 4.78 is 5.07. The van der Waals surface area contributed by atoms with E-state index in [4.69, 9.17) is 0 Å². The van der Waals surface area contributed by atoms with Crippen LogP contribution in [-0.2, 0) is 0 Å². The monoisotopic (exact) mass is 791 g/mol. The Kier molecular flexibility index (Phi) is 14.4. The van der Waals surface area contributed by atoms with Crippen LogP contribution in [0.3, 0.4) is 0 Å². The van der Waals surface area contributed by atoms with Gasteiger partial charge in [0.2, 0.25) is 0 Å². The number of hydrogen-bond acceptors (Lipinski definition) is 2. The molecule has 0 amide bonds. The van der Waals surface area contributed by atoms with Crippen molar-refractivity contribution in [2.24, 2.45) is 0 Å². The molecule has 0 spiro atoms. The maximum Gasteiger partial charge on any atom is 0.0541 e. The molecule has 0 aliphatic heterocycles. The second kappa shape index (κ2) is 20.0. The lowest BCUT2D eigenvalue weighted by Gasteiger charge is -2.10. The summed E-state index contributed by atoms with van der Waals surface area (Å²) in [5, 5.41) is 5.16. The molecular formula is C55H53NS2. The quantitative estimate of drug-likeness (QED) is 0.166. The topological polar surface area (TPSA) is 4.93 Å². The van der Waals surface area contributed by atoms with E-state index in [0.717, 1.165) is 0 Å². The number of benzene rings is 8. The van der Waals surface area contributed by atoms with Gasteiger partial charge in [-0.3, -0.25) is 0 Å². The third-order valence-electron chi connectivity index (χ3n) is 9.99. The second-order valence-electron chi connectivity index (χ2n) is 13.0. The summed E-state index contributed by atoms with van der Waals surface area (Å²) in [7, 11) is 0. The molecule has 58 heavy (non-hydrogen) atoms. The summed E-state index contributed by atoms with van der Waals surface area (Å²) in [5.41, 5.74) is 13.4. The molecule has 0 atom stereocenters. The number of nitrogens with zero attached hydrogens (tertiary/aromatic N) is 1. The largest absolute Gasteiger partial charge is 0.309 e. The van der Waals surface area contributed by atoms with E-state index in [-0.39, 0.29) is 0 Å². The van der Waals surface area contributed by atoms with Crippen molar-refractivity contribution in [3.63, 3.8) is 0 Å². The van der Waals surface area contributed by atoms with Crippen molar-refractivity contribution in [1.82, 2.24) is 4.57 Å². The van der Waals surface area contributed by atoms with Gasteiger partial charge in [0.05, 0.1) is 11.0 Å². The van der Waals surface area contributed by atoms with Crippen LogP contribution in [0.2, 0.25) is 0 Å². The van der Waals surface area contributed by atoms with Crippen LogP contribution in [0.1, 0.15) is 41.5 Å². The van der Waals surface area contributed by atoms with Crippen molar-refractivity contribution in [3.8, 4) is 50.2 Å². The van der Waals surface area contributed by atoms with Crippen molar-refractivity contribution in [2.75, 3.05) is 6.26 Å². The Morgan fingerprint density at radius 1 is 0.310 bits per heavy atom. The van der Waals surface area contributed by atoms with Crippen molar-refractivity contribution < 1.29 is 0 Å². The molecule has 3 heteroatoms. The fourth-order valence-corrected chi connectivity index (χ4v) is 8.62. The van der Waals surface area contributed by atoms with Gasteiger partial charge < -0.3 is 4.57 Å². The Hall–Kier alpha value is -5.87. The van der Waals surface area contributed by atoms with Gasteiger partial charge in [-0.25, -0.2) is 0 Å². The Balaban J connectivity index is 0.000000670. The van der Waals surface area contributed by atoms with E-state index in [1.807, 2.05) is 52.9 Å². The molecule has 2 aromatic heterocycles. The van der Waals surface area contributed by atoms with E-state index < -0.39 is 0 Å². The number of rotatable bonds is 5. The molecule has 10 aromatic rings. The molecule has 0 fully saturated rings. The molecule has 290 valence electrons. The molecule has 0 aliphatic carbocycles. The molecule has 1 nitrogen and oxygen atoms in total. The molecule has 0 radical (unpaired) electrons. The highest BCUT2D eigenvalue weighted by Crippen LogP contribution is 2.40. The average Bonchev–Trinajstić information content (AvgIpc) is 3.87. The fourth-order valence-electron chi connectivity index (χ4n) is 7.53. The van der Waals surface area contributed by atoms with E-state index >= 15 is 0 Å². The lowest BCUT2D eigenvalue weighted by molar-refractivity contribution is 1.18. The van der Waals surface area contributed by atoms with Gasteiger partial charge in [0.1, 0.15) is 0 Å². The second-order valence-corrected chi connectivity index (χ2v) is 14.1. The lowest BCUT2D eigenvalue weighted by atomic mass is 9.95. The van der Waals surface area contributed by atoms with Crippen LogP contribution in [0.15, 0.2) is 188 Å². The molecular weight excluding hydrogens is 739 g/mol. The third-order valence-corrected chi connectivity index (χ3v) is 11.1. The van der Waals surface area contributed by atoms with Gasteiger partial charge in [0, 0.05) is 36.6 Å². The van der Waals surface area contributed by atoms with Crippen molar-refractivity contribution in [1.29, 1.82) is 0 Å². The van der Waals surface area contributed by atoms with Gasteiger partial charge in [0.25, 0.3) is 0 Å². The van der Waals surface area contributed by atoms with Crippen LogP contribution in [-0.4, -0.2) is 10.8 Å². The normalized spacial score (nSPS) is 10.4. The summed E-state index contributed by atoms with van der Waals surface area (Å²) in [6.45, 7) is 12.0. The van der Waals surface area contributed by atoms with Crippen LogP contribution in [0.25, 0.3) is 92.2 Å². The maximum atomic E-state index is 3.53. The predicted molar refractivity (Wildman–Crippen MR) is 264 cm³/mol. The van der Waals surface area contributed by atoms with Crippen molar-refractivity contribution in [3.05, 3.63) is 188 Å². The Bertz CT molecular complexity index is 2860. The maximum absolute atomic E-state index is 3.53. The summed E-state index contributed by atoms with van der Waals surface area (Å²) in [6, 6.07) is 68.7. The van der Waals surface area contributed by atoms with Gasteiger partial charge >= 0.3 is 0 Å². The molecule has 0 saturated heterocycles. The van der Waals surface area contributed by atoms with E-state index in [1.54, 1.807) is 6.26 Å². The molecule has 0 aliphatic rings. The smallest absolute Gasteiger partial charge is 0.0541 e. The third kappa shape index (κ3) is 8.38. The lowest BCUT2D eigenvalue weighted by Crippen LogP contribution is -1.93. The zero-order valence-corrected chi connectivity index (χ0v) is 36.4. The molecule has 8 aromatic carbocycles. The van der Waals surface area contributed by atoms with Crippen LogP contribution in [0.4, 0.5) is 0 Å². The summed E-state index contributed by atoms with van der Waals surface area (Å²) in [4.78, 5) is 0. The van der Waals surface area contributed by atoms with Crippen LogP contribution >= 0.6 is 24.0 Å². The van der Waals surface area contributed by atoms with Gasteiger partial charge in [-0.2, -0.15) is 12.6 Å². The van der Waals surface area contributed by atoms with Gasteiger partial charge in [-0.05, 0) is 117 Å². The molecule has 2 heterocycles. The summed E-state index contributed by atoms with van der Waals surface area (Å²) >= 11 is 5.39. The highest BCUT2D eigenvalue weighted by atomic mass is 32.1. The molecule has 0 N–H and O–H groups in total. The van der Waals surface area contributed by atoms with Crippen LogP contribution < -0.4 is 0 Å². The van der Waals surface area contributed by atoms with E-state index in [9.17, 15) is 0 Å².